The molecule has 1 aromatic heterocycles. The van der Waals surface area contributed by atoms with E-state index < -0.39 is 17.4 Å². The fourth-order valence-corrected chi connectivity index (χ4v) is 3.89. The Morgan fingerprint density at radius 2 is 1.85 bits per heavy atom. The van der Waals surface area contributed by atoms with Crippen LogP contribution in [0.3, 0.4) is 0 Å². The molecular weight excluding hydrogens is 282 g/mol. The first-order valence-corrected chi connectivity index (χ1v) is 7.47. The normalized spacial score (nSPS) is 24.1. The van der Waals surface area contributed by atoms with Gasteiger partial charge < -0.3 is 19.7 Å². The van der Waals surface area contributed by atoms with E-state index >= 15 is 0 Å². The Morgan fingerprint density at radius 3 is 2.35 bits per heavy atom. The average Bonchev–Trinajstić information content (AvgIpc) is 3.01. The van der Waals surface area contributed by atoms with E-state index in [1.165, 1.54) is 0 Å². The van der Waals surface area contributed by atoms with E-state index in [2.05, 4.69) is 4.98 Å². The van der Waals surface area contributed by atoms with Crippen LogP contribution in [0.4, 0.5) is 0 Å². The van der Waals surface area contributed by atoms with Gasteiger partial charge in [-0.3, -0.25) is 0 Å². The van der Waals surface area contributed by atoms with Crippen molar-refractivity contribution in [2.24, 2.45) is 0 Å². The topological polar surface area (TPSA) is 88.9 Å². The zero-order chi connectivity index (χ0) is 14.4. The summed E-state index contributed by atoms with van der Waals surface area (Å²) in [6, 6.07) is 0. The minimum absolute atomic E-state index is 0.196. The summed E-state index contributed by atoms with van der Waals surface area (Å²) in [5, 5.41) is 20.3. The Morgan fingerprint density at radius 1 is 1.25 bits per heavy atom. The second kappa shape index (κ2) is 4.77. The molecule has 7 heteroatoms. The van der Waals surface area contributed by atoms with E-state index in [-0.39, 0.29) is 4.88 Å². The molecular formula is C13H17NO5S. The predicted molar refractivity (Wildman–Crippen MR) is 70.8 cm³/mol. The van der Waals surface area contributed by atoms with Crippen molar-refractivity contribution in [2.75, 3.05) is 13.2 Å². The number of carbonyl (C=O) groups is 1. The van der Waals surface area contributed by atoms with Gasteiger partial charge in [0.1, 0.15) is 15.5 Å². The van der Waals surface area contributed by atoms with Gasteiger partial charge in [0, 0.05) is 12.8 Å². The molecule has 1 spiro atoms. The molecule has 110 valence electrons. The molecule has 2 heterocycles. The van der Waals surface area contributed by atoms with Gasteiger partial charge in [0.2, 0.25) is 0 Å². The lowest BCUT2D eigenvalue weighted by Gasteiger charge is -2.39. The van der Waals surface area contributed by atoms with Gasteiger partial charge in [0.25, 0.3) is 0 Å². The van der Waals surface area contributed by atoms with Crippen LogP contribution in [-0.4, -0.2) is 40.2 Å². The smallest absolute Gasteiger partial charge is 0.347 e. The van der Waals surface area contributed by atoms with Crippen LogP contribution in [0.25, 0.3) is 0 Å². The Labute approximate surface area is 120 Å². The molecule has 2 N–H and O–H groups in total. The lowest BCUT2D eigenvalue weighted by atomic mass is 9.82. The SMILES string of the molecule is Cc1nc(C2(O)CCC3(CC2)OCCO3)sc1C(=O)O. The first kappa shape index (κ1) is 13.9. The van der Waals surface area contributed by atoms with Gasteiger partial charge in [-0.1, -0.05) is 0 Å². The van der Waals surface area contributed by atoms with Crippen molar-refractivity contribution in [3.63, 3.8) is 0 Å². The van der Waals surface area contributed by atoms with Crippen molar-refractivity contribution < 1.29 is 24.5 Å². The molecule has 0 radical (unpaired) electrons. The molecule has 2 aliphatic rings. The molecule has 1 aliphatic carbocycles. The lowest BCUT2D eigenvalue weighted by Crippen LogP contribution is -2.42. The van der Waals surface area contributed by atoms with Crippen molar-refractivity contribution in [1.29, 1.82) is 0 Å². The van der Waals surface area contributed by atoms with E-state index in [9.17, 15) is 9.90 Å². The number of carboxylic acid groups (broad SMARTS) is 1. The quantitative estimate of drug-likeness (QED) is 0.863. The van der Waals surface area contributed by atoms with Crippen molar-refractivity contribution in [1.82, 2.24) is 4.98 Å². The first-order valence-electron chi connectivity index (χ1n) is 6.66. The van der Waals surface area contributed by atoms with E-state index in [1.54, 1.807) is 6.92 Å². The van der Waals surface area contributed by atoms with Crippen LogP contribution < -0.4 is 0 Å². The van der Waals surface area contributed by atoms with Gasteiger partial charge in [-0.05, 0) is 19.8 Å². The monoisotopic (exact) mass is 299 g/mol. The summed E-state index contributed by atoms with van der Waals surface area (Å²) in [5.74, 6) is -1.54. The van der Waals surface area contributed by atoms with Crippen LogP contribution in [-0.2, 0) is 15.1 Å². The number of thiazole rings is 1. The fraction of sp³-hybridized carbons (Fsp3) is 0.692. The van der Waals surface area contributed by atoms with E-state index in [0.717, 1.165) is 11.3 Å². The van der Waals surface area contributed by atoms with Gasteiger partial charge in [0.05, 0.1) is 18.9 Å². The number of nitrogens with zero attached hydrogens (tertiary/aromatic N) is 1. The Hall–Kier alpha value is -1.02. The number of rotatable bonds is 2. The summed E-state index contributed by atoms with van der Waals surface area (Å²) in [6.07, 6.45) is 2.15. The maximum absolute atomic E-state index is 11.1. The highest BCUT2D eigenvalue weighted by atomic mass is 32.1. The summed E-state index contributed by atoms with van der Waals surface area (Å²) in [6.45, 7) is 2.84. The van der Waals surface area contributed by atoms with E-state index in [4.69, 9.17) is 14.6 Å². The Balaban J connectivity index is 1.80. The molecule has 6 nitrogen and oxygen atoms in total. The van der Waals surface area contributed by atoms with E-state index in [1.807, 2.05) is 0 Å². The van der Waals surface area contributed by atoms with Crippen molar-refractivity contribution in [3.8, 4) is 0 Å². The number of ether oxygens (including phenoxy) is 2. The number of aliphatic hydroxyl groups is 1. The lowest BCUT2D eigenvalue weighted by molar-refractivity contribution is -0.204. The zero-order valence-electron chi connectivity index (χ0n) is 11.2. The molecule has 1 saturated heterocycles. The zero-order valence-corrected chi connectivity index (χ0v) is 12.0. The molecule has 0 bridgehead atoms. The van der Waals surface area contributed by atoms with Gasteiger partial charge in [-0.2, -0.15) is 0 Å². The summed E-state index contributed by atoms with van der Waals surface area (Å²) in [4.78, 5) is 15.5. The minimum atomic E-state index is -1.07. The number of aromatic nitrogens is 1. The maximum Gasteiger partial charge on any atom is 0.347 e. The number of aromatic carboxylic acids is 1. The third kappa shape index (κ3) is 2.24. The second-order valence-corrected chi connectivity index (χ2v) is 6.38. The molecule has 2 fully saturated rings. The van der Waals surface area contributed by atoms with Gasteiger partial charge in [-0.15, -0.1) is 11.3 Å². The highest BCUT2D eigenvalue weighted by molar-refractivity contribution is 7.13. The van der Waals surface area contributed by atoms with Crippen molar-refractivity contribution in [3.05, 3.63) is 15.6 Å². The number of hydrogen-bond donors (Lipinski definition) is 2. The van der Waals surface area contributed by atoms with Crippen LogP contribution >= 0.6 is 11.3 Å². The highest BCUT2D eigenvalue weighted by Gasteiger charge is 2.47. The third-order valence-corrected chi connectivity index (χ3v) is 5.38. The number of hydrogen-bond acceptors (Lipinski definition) is 6. The summed E-state index contributed by atoms with van der Waals surface area (Å²) < 4.78 is 11.3. The molecule has 1 aliphatic heterocycles. The molecule has 0 atom stereocenters. The Kier molecular flexibility index (Phi) is 3.32. The molecule has 3 rings (SSSR count). The molecule has 0 unspecified atom stereocenters. The van der Waals surface area contributed by atoms with E-state index in [0.29, 0.717) is 49.6 Å². The van der Waals surface area contributed by atoms with Crippen molar-refractivity contribution >= 4 is 17.3 Å². The van der Waals surface area contributed by atoms with Gasteiger partial charge in [-0.25, -0.2) is 9.78 Å². The van der Waals surface area contributed by atoms with Crippen LogP contribution in [0.2, 0.25) is 0 Å². The van der Waals surface area contributed by atoms with Crippen LogP contribution in [0, 0.1) is 6.92 Å². The molecule has 1 saturated carbocycles. The fourth-order valence-electron chi connectivity index (χ4n) is 2.84. The number of aryl methyl sites for hydroxylation is 1. The van der Waals surface area contributed by atoms with Crippen molar-refractivity contribution in [2.45, 2.75) is 44.0 Å². The maximum atomic E-state index is 11.1. The largest absolute Gasteiger partial charge is 0.477 e. The number of carboxylic acids is 1. The Bertz CT molecular complexity index is 525. The van der Waals surface area contributed by atoms with Gasteiger partial charge in [0.15, 0.2) is 5.79 Å². The third-order valence-electron chi connectivity index (χ3n) is 4.04. The van der Waals surface area contributed by atoms with Crippen LogP contribution in [0.1, 0.15) is 46.1 Å². The second-order valence-electron chi connectivity index (χ2n) is 5.38. The predicted octanol–water partition coefficient (Wildman–Crippen LogP) is 1.65. The summed E-state index contributed by atoms with van der Waals surface area (Å²) in [7, 11) is 0. The summed E-state index contributed by atoms with van der Waals surface area (Å²) >= 11 is 1.06. The standard InChI is InChI=1S/C13H17NO5S/c1-8-9(10(15)16)20-11(14-8)12(17)2-4-13(5-3-12)18-6-7-19-13/h17H,2-7H2,1H3,(H,15,16). The molecule has 1 aromatic rings. The average molecular weight is 299 g/mol. The highest BCUT2D eigenvalue weighted by Crippen LogP contribution is 2.46. The van der Waals surface area contributed by atoms with Crippen LogP contribution in [0.5, 0.6) is 0 Å². The van der Waals surface area contributed by atoms with Gasteiger partial charge >= 0.3 is 5.97 Å². The van der Waals surface area contributed by atoms with Crippen LogP contribution in [0.15, 0.2) is 0 Å². The summed E-state index contributed by atoms with van der Waals surface area (Å²) in [5.41, 5.74) is -0.608. The first-order chi connectivity index (χ1) is 9.44. The molecule has 0 aromatic carbocycles. The minimum Gasteiger partial charge on any atom is -0.477 e. The molecule has 0 amide bonds. The molecule has 20 heavy (non-hydrogen) atoms.